The highest BCUT2D eigenvalue weighted by Crippen LogP contribution is 2.28. The van der Waals surface area contributed by atoms with Gasteiger partial charge >= 0.3 is 0 Å². The van der Waals surface area contributed by atoms with Crippen molar-refractivity contribution in [1.29, 1.82) is 0 Å². The average molecular weight is 480 g/mol. The number of carbonyl (C=O) groups is 2. The molecular formula is C25H25N3O5S. The molecule has 0 unspecified atom stereocenters. The fraction of sp³-hybridized carbons (Fsp3) is 0.240. The maximum absolute atomic E-state index is 13.3. The van der Waals surface area contributed by atoms with Gasteiger partial charge in [0.05, 0.1) is 18.0 Å². The number of aldehydes is 1. The number of piperidine rings is 1. The summed E-state index contributed by atoms with van der Waals surface area (Å²) in [5.41, 5.74) is 2.07. The van der Waals surface area contributed by atoms with Crippen molar-refractivity contribution in [3.8, 4) is 16.9 Å². The van der Waals surface area contributed by atoms with E-state index in [4.69, 9.17) is 4.74 Å². The van der Waals surface area contributed by atoms with Gasteiger partial charge in [-0.05, 0) is 60.4 Å². The van der Waals surface area contributed by atoms with E-state index in [-0.39, 0.29) is 35.5 Å². The van der Waals surface area contributed by atoms with Gasteiger partial charge in [0.2, 0.25) is 10.0 Å². The van der Waals surface area contributed by atoms with Crippen molar-refractivity contribution >= 4 is 22.2 Å². The highest BCUT2D eigenvalue weighted by atomic mass is 32.2. The Hall–Kier alpha value is -3.56. The second kappa shape index (κ2) is 10.1. The van der Waals surface area contributed by atoms with Gasteiger partial charge in [-0.15, -0.1) is 0 Å². The number of ether oxygens (including phenoxy) is 1. The van der Waals surface area contributed by atoms with E-state index in [1.807, 2.05) is 24.3 Å². The Morgan fingerprint density at radius 1 is 1.06 bits per heavy atom. The molecule has 1 N–H and O–H groups in total. The molecular weight excluding hydrogens is 454 g/mol. The molecule has 2 atom stereocenters. The number of benzene rings is 2. The topological polar surface area (TPSA) is 106 Å². The molecule has 0 radical (unpaired) electrons. The lowest BCUT2D eigenvalue weighted by atomic mass is 10.00. The second-order valence-electron chi connectivity index (χ2n) is 7.98. The molecule has 8 nitrogen and oxygen atoms in total. The summed E-state index contributed by atoms with van der Waals surface area (Å²) in [4.78, 5) is 28.3. The summed E-state index contributed by atoms with van der Waals surface area (Å²) in [5.74, 6) is 0.392. The Balaban J connectivity index is 1.46. The van der Waals surface area contributed by atoms with Crippen LogP contribution in [0.15, 0.2) is 77.8 Å². The maximum Gasteiger partial charge on any atom is 0.270 e. The van der Waals surface area contributed by atoms with Crippen molar-refractivity contribution in [2.75, 3.05) is 13.7 Å². The molecule has 176 valence electrons. The number of carbonyl (C=O) groups excluding carboxylic acids is 2. The van der Waals surface area contributed by atoms with Crippen LogP contribution in [0, 0.1) is 0 Å². The average Bonchev–Trinajstić information content (AvgIpc) is 2.89. The predicted octanol–water partition coefficient (Wildman–Crippen LogP) is 2.91. The third kappa shape index (κ3) is 5.00. The summed E-state index contributed by atoms with van der Waals surface area (Å²) < 4.78 is 33.0. The smallest absolute Gasteiger partial charge is 0.270 e. The quantitative estimate of drug-likeness (QED) is 0.523. The SMILES string of the molecule is COc1ccc(-c2ccc(S(=O)(=O)N3CC[C@@H](NC(=O)c4ccccn4)C[C@@H]3C=O)cc2)cc1. The molecule has 2 aromatic carbocycles. The molecule has 0 aliphatic carbocycles. The molecule has 1 aromatic heterocycles. The van der Waals surface area contributed by atoms with Gasteiger partial charge in [0.1, 0.15) is 17.7 Å². The van der Waals surface area contributed by atoms with Crippen LogP contribution in [0.5, 0.6) is 5.75 Å². The molecule has 0 saturated carbocycles. The van der Waals surface area contributed by atoms with Gasteiger partial charge < -0.3 is 14.8 Å². The van der Waals surface area contributed by atoms with E-state index in [1.54, 1.807) is 49.6 Å². The molecule has 1 amide bonds. The number of nitrogens with zero attached hydrogens (tertiary/aromatic N) is 2. The van der Waals surface area contributed by atoms with Crippen molar-refractivity contribution in [2.24, 2.45) is 0 Å². The molecule has 4 rings (SSSR count). The molecule has 1 fully saturated rings. The lowest BCUT2D eigenvalue weighted by Crippen LogP contribution is -2.52. The number of pyridine rings is 1. The molecule has 9 heteroatoms. The monoisotopic (exact) mass is 479 g/mol. The molecule has 1 aliphatic rings. The molecule has 34 heavy (non-hydrogen) atoms. The number of nitrogens with one attached hydrogen (secondary N) is 1. The Bertz CT molecular complexity index is 1250. The number of hydrogen-bond donors (Lipinski definition) is 1. The Morgan fingerprint density at radius 2 is 1.74 bits per heavy atom. The number of hydrogen-bond acceptors (Lipinski definition) is 6. The van der Waals surface area contributed by atoms with Crippen molar-refractivity contribution in [3.63, 3.8) is 0 Å². The van der Waals surface area contributed by atoms with E-state index in [0.717, 1.165) is 16.9 Å². The van der Waals surface area contributed by atoms with E-state index in [1.165, 1.54) is 10.5 Å². The molecule has 3 aromatic rings. The van der Waals surface area contributed by atoms with Crippen LogP contribution >= 0.6 is 0 Å². The minimum atomic E-state index is -3.88. The van der Waals surface area contributed by atoms with Crippen molar-refractivity contribution < 1.29 is 22.7 Å². The standard InChI is InChI=1S/C25H25N3O5S/c1-33-22-9-5-18(6-10-22)19-7-11-23(12-8-19)34(31,32)28-15-13-20(16-21(28)17-29)27-25(30)24-4-2-3-14-26-24/h2-12,14,17,20-21H,13,15-16H2,1H3,(H,27,30)/t20-,21-/m1/s1. The number of sulfonamides is 1. The van der Waals surface area contributed by atoms with Gasteiger partial charge in [-0.1, -0.05) is 30.3 Å². The van der Waals surface area contributed by atoms with Crippen molar-refractivity contribution in [2.45, 2.75) is 29.8 Å². The van der Waals surface area contributed by atoms with Crippen LogP contribution < -0.4 is 10.1 Å². The fourth-order valence-corrected chi connectivity index (χ4v) is 5.61. The molecule has 1 aliphatic heterocycles. The summed E-state index contributed by atoms with van der Waals surface area (Å²) in [6.07, 6.45) is 2.75. The minimum absolute atomic E-state index is 0.118. The van der Waals surface area contributed by atoms with Crippen molar-refractivity contribution in [3.05, 3.63) is 78.6 Å². The molecule has 2 heterocycles. The zero-order valence-electron chi connectivity index (χ0n) is 18.6. The largest absolute Gasteiger partial charge is 0.497 e. The van der Waals surface area contributed by atoms with Gasteiger partial charge in [0, 0.05) is 18.8 Å². The van der Waals surface area contributed by atoms with Gasteiger partial charge in [-0.3, -0.25) is 9.78 Å². The lowest BCUT2D eigenvalue weighted by molar-refractivity contribution is -0.112. The van der Waals surface area contributed by atoms with Crippen LogP contribution in [-0.4, -0.2) is 55.6 Å². The van der Waals surface area contributed by atoms with Crippen LogP contribution in [0.25, 0.3) is 11.1 Å². The van der Waals surface area contributed by atoms with E-state index in [2.05, 4.69) is 10.3 Å². The van der Waals surface area contributed by atoms with Crippen molar-refractivity contribution in [1.82, 2.24) is 14.6 Å². The van der Waals surface area contributed by atoms with E-state index >= 15 is 0 Å². The highest BCUT2D eigenvalue weighted by Gasteiger charge is 2.37. The molecule has 0 spiro atoms. The predicted molar refractivity (Wildman–Crippen MR) is 127 cm³/mol. The normalized spacial score (nSPS) is 18.7. The zero-order valence-corrected chi connectivity index (χ0v) is 19.4. The summed E-state index contributed by atoms with van der Waals surface area (Å²) in [7, 11) is -2.28. The molecule has 0 bridgehead atoms. The lowest BCUT2D eigenvalue weighted by Gasteiger charge is -2.36. The number of amides is 1. The summed E-state index contributed by atoms with van der Waals surface area (Å²) in [6.45, 7) is 0.124. The third-order valence-corrected chi connectivity index (χ3v) is 7.81. The Kier molecular flexibility index (Phi) is 7.04. The van der Waals surface area contributed by atoms with E-state index < -0.39 is 16.1 Å². The fourth-order valence-electron chi connectivity index (χ4n) is 4.02. The third-order valence-electron chi connectivity index (χ3n) is 5.87. The van der Waals surface area contributed by atoms with Crippen LogP contribution in [0.1, 0.15) is 23.3 Å². The van der Waals surface area contributed by atoms with E-state index in [9.17, 15) is 18.0 Å². The Labute approximate surface area is 198 Å². The second-order valence-corrected chi connectivity index (χ2v) is 9.87. The van der Waals surface area contributed by atoms with Crippen LogP contribution in [0.3, 0.4) is 0 Å². The van der Waals surface area contributed by atoms with Gasteiger partial charge in [0.15, 0.2) is 0 Å². The molecule has 1 saturated heterocycles. The van der Waals surface area contributed by atoms with Gasteiger partial charge in [-0.2, -0.15) is 4.31 Å². The highest BCUT2D eigenvalue weighted by molar-refractivity contribution is 7.89. The first-order chi connectivity index (χ1) is 16.4. The van der Waals surface area contributed by atoms with E-state index in [0.29, 0.717) is 12.7 Å². The van der Waals surface area contributed by atoms with Gasteiger partial charge in [-0.25, -0.2) is 8.42 Å². The summed E-state index contributed by atoms with van der Waals surface area (Å²) in [6, 6.07) is 17.9. The number of aromatic nitrogens is 1. The van der Waals surface area contributed by atoms with Crippen LogP contribution in [-0.2, 0) is 14.8 Å². The first-order valence-electron chi connectivity index (χ1n) is 10.9. The number of rotatable bonds is 7. The van der Waals surface area contributed by atoms with Crippen LogP contribution in [0.4, 0.5) is 0 Å². The minimum Gasteiger partial charge on any atom is -0.497 e. The van der Waals surface area contributed by atoms with Crippen LogP contribution in [0.2, 0.25) is 0 Å². The van der Waals surface area contributed by atoms with Gasteiger partial charge in [0.25, 0.3) is 5.91 Å². The summed E-state index contributed by atoms with van der Waals surface area (Å²) in [5, 5.41) is 2.85. The number of methoxy groups -OCH3 is 1. The zero-order chi connectivity index (χ0) is 24.1. The first kappa shape index (κ1) is 23.6. The maximum atomic E-state index is 13.3. The summed E-state index contributed by atoms with van der Waals surface area (Å²) >= 11 is 0. The Morgan fingerprint density at radius 3 is 2.32 bits per heavy atom. The first-order valence-corrected chi connectivity index (χ1v) is 12.3.